The molecule has 0 aliphatic rings. The monoisotopic (exact) mass is 431 g/mol. The first-order chi connectivity index (χ1) is 15.1. The highest BCUT2D eigenvalue weighted by molar-refractivity contribution is 5.59. The fourth-order valence-corrected chi connectivity index (χ4v) is 3.64. The number of benzene rings is 1. The molecule has 2 rings (SSSR count). The van der Waals surface area contributed by atoms with Crippen molar-refractivity contribution in [2.24, 2.45) is 0 Å². The van der Waals surface area contributed by atoms with Crippen molar-refractivity contribution < 1.29 is 13.5 Å². The minimum atomic E-state index is -1.60. The summed E-state index contributed by atoms with van der Waals surface area (Å²) >= 11 is 0. The summed E-state index contributed by atoms with van der Waals surface area (Å²) in [4.78, 5) is 4.42. The number of rotatable bonds is 16. The second-order valence-corrected chi connectivity index (χ2v) is 8.43. The maximum atomic E-state index is 13.9. The molecule has 0 fully saturated rings. The van der Waals surface area contributed by atoms with Crippen LogP contribution in [0.25, 0.3) is 11.3 Å². The minimum absolute atomic E-state index is 0.254. The standard InChI is InChI=1S/C27H39F2NO/c1-3-5-7-8-9-11-12-22-14-16-23(17-15-22)27-19-18-24(20-30-27)31-21-26(29)25(28)13-10-6-4-2/h14-20,25-26H,3-13,21H2,1-2H3/t25-,26-/m0/s1. The van der Waals surface area contributed by atoms with E-state index in [-0.39, 0.29) is 13.0 Å². The molecule has 0 unspecified atom stereocenters. The average Bonchev–Trinajstić information content (AvgIpc) is 2.80. The number of nitrogens with zero attached hydrogens (tertiary/aromatic N) is 1. The number of hydrogen-bond donors (Lipinski definition) is 0. The molecule has 0 aliphatic heterocycles. The molecule has 0 saturated carbocycles. The highest BCUT2D eigenvalue weighted by Gasteiger charge is 2.20. The van der Waals surface area contributed by atoms with Crippen LogP contribution in [0.5, 0.6) is 5.75 Å². The van der Waals surface area contributed by atoms with Crippen molar-refractivity contribution in [3.63, 3.8) is 0 Å². The van der Waals surface area contributed by atoms with Gasteiger partial charge in [-0.3, -0.25) is 4.98 Å². The fourth-order valence-electron chi connectivity index (χ4n) is 3.64. The van der Waals surface area contributed by atoms with Crippen LogP contribution in [0.15, 0.2) is 42.6 Å². The Morgan fingerprint density at radius 1 is 0.774 bits per heavy atom. The second kappa shape index (κ2) is 14.9. The lowest BCUT2D eigenvalue weighted by Crippen LogP contribution is -2.24. The number of pyridine rings is 1. The molecular formula is C27H39F2NO. The van der Waals surface area contributed by atoms with Crippen LogP contribution in [0.4, 0.5) is 8.78 Å². The van der Waals surface area contributed by atoms with Crippen LogP contribution >= 0.6 is 0 Å². The van der Waals surface area contributed by atoms with E-state index in [0.29, 0.717) is 12.2 Å². The summed E-state index contributed by atoms with van der Waals surface area (Å²) in [6, 6.07) is 12.2. The van der Waals surface area contributed by atoms with E-state index in [1.54, 1.807) is 12.3 Å². The van der Waals surface area contributed by atoms with E-state index in [2.05, 4.69) is 36.2 Å². The number of unbranched alkanes of at least 4 members (excludes halogenated alkanes) is 7. The van der Waals surface area contributed by atoms with E-state index in [4.69, 9.17) is 4.74 Å². The Morgan fingerprint density at radius 2 is 1.45 bits per heavy atom. The highest BCUT2D eigenvalue weighted by Crippen LogP contribution is 2.22. The van der Waals surface area contributed by atoms with Gasteiger partial charge < -0.3 is 4.74 Å². The third kappa shape index (κ3) is 9.80. The molecule has 31 heavy (non-hydrogen) atoms. The SMILES string of the molecule is CCCCCCCCc1ccc(-c2ccc(OC[C@H](F)[C@@H](F)CCCCC)cn2)cc1. The van der Waals surface area contributed by atoms with Gasteiger partial charge in [0.1, 0.15) is 18.5 Å². The van der Waals surface area contributed by atoms with Crippen molar-refractivity contribution >= 4 is 0 Å². The number of halogens is 2. The predicted octanol–water partition coefficient (Wildman–Crippen LogP) is 8.29. The van der Waals surface area contributed by atoms with Crippen molar-refractivity contribution in [3.8, 4) is 17.0 Å². The zero-order valence-electron chi connectivity index (χ0n) is 19.3. The Bertz CT molecular complexity index is 702. The fraction of sp³-hybridized carbons (Fsp3) is 0.593. The van der Waals surface area contributed by atoms with Gasteiger partial charge in [0.25, 0.3) is 0 Å². The molecule has 1 aromatic carbocycles. The lowest BCUT2D eigenvalue weighted by atomic mass is 10.0. The molecule has 0 amide bonds. The number of aryl methyl sites for hydroxylation is 1. The third-order valence-electron chi connectivity index (χ3n) is 5.69. The molecule has 172 valence electrons. The molecule has 2 atom stereocenters. The molecule has 2 aromatic rings. The van der Waals surface area contributed by atoms with Crippen LogP contribution < -0.4 is 4.74 Å². The molecule has 2 nitrogen and oxygen atoms in total. The van der Waals surface area contributed by atoms with Gasteiger partial charge in [0.2, 0.25) is 0 Å². The molecule has 0 radical (unpaired) electrons. The Balaban J connectivity index is 1.75. The summed E-state index contributed by atoms with van der Waals surface area (Å²) in [5.74, 6) is 0.465. The summed E-state index contributed by atoms with van der Waals surface area (Å²) in [5.41, 5.74) is 3.24. The van der Waals surface area contributed by atoms with E-state index < -0.39 is 12.3 Å². The smallest absolute Gasteiger partial charge is 0.165 e. The summed E-state index contributed by atoms with van der Waals surface area (Å²) < 4.78 is 33.2. The van der Waals surface area contributed by atoms with E-state index in [1.165, 1.54) is 44.1 Å². The zero-order valence-corrected chi connectivity index (χ0v) is 19.3. The lowest BCUT2D eigenvalue weighted by Gasteiger charge is -2.14. The summed E-state index contributed by atoms with van der Waals surface area (Å²) in [5, 5.41) is 0. The van der Waals surface area contributed by atoms with Crippen LogP contribution in [-0.4, -0.2) is 23.9 Å². The molecule has 1 aromatic heterocycles. The molecular weight excluding hydrogens is 392 g/mol. The Labute approximate surface area is 187 Å². The van der Waals surface area contributed by atoms with Crippen LogP contribution in [-0.2, 0) is 6.42 Å². The summed E-state index contributed by atoms with van der Waals surface area (Å²) in [6.07, 6.45) is 10.4. The number of aromatic nitrogens is 1. The first kappa shape index (κ1) is 25.3. The second-order valence-electron chi connectivity index (χ2n) is 8.43. The van der Waals surface area contributed by atoms with Crippen molar-refractivity contribution in [1.82, 2.24) is 4.98 Å². The van der Waals surface area contributed by atoms with Gasteiger partial charge in [-0.25, -0.2) is 8.78 Å². The third-order valence-corrected chi connectivity index (χ3v) is 5.69. The van der Waals surface area contributed by atoms with Crippen LogP contribution in [0.1, 0.15) is 83.6 Å². The van der Waals surface area contributed by atoms with E-state index >= 15 is 0 Å². The number of ether oxygens (including phenoxy) is 1. The summed E-state index contributed by atoms with van der Waals surface area (Å²) in [7, 11) is 0. The lowest BCUT2D eigenvalue weighted by molar-refractivity contribution is 0.101. The van der Waals surface area contributed by atoms with Crippen molar-refractivity contribution in [2.75, 3.05) is 6.61 Å². The number of alkyl halides is 2. The first-order valence-electron chi connectivity index (χ1n) is 12.1. The molecule has 0 bridgehead atoms. The Kier molecular flexibility index (Phi) is 12.2. The maximum absolute atomic E-state index is 13.9. The molecule has 0 N–H and O–H groups in total. The number of hydrogen-bond acceptors (Lipinski definition) is 2. The quantitative estimate of drug-likeness (QED) is 0.249. The molecule has 0 spiro atoms. The normalized spacial score (nSPS) is 13.2. The van der Waals surface area contributed by atoms with E-state index in [9.17, 15) is 8.78 Å². The average molecular weight is 432 g/mol. The van der Waals surface area contributed by atoms with Crippen molar-refractivity contribution in [3.05, 3.63) is 48.2 Å². The van der Waals surface area contributed by atoms with Crippen LogP contribution in [0.2, 0.25) is 0 Å². The zero-order chi connectivity index (χ0) is 22.3. The van der Waals surface area contributed by atoms with Crippen LogP contribution in [0, 0.1) is 0 Å². The van der Waals surface area contributed by atoms with Crippen molar-refractivity contribution in [1.29, 1.82) is 0 Å². The first-order valence-corrected chi connectivity index (χ1v) is 12.1. The summed E-state index contributed by atoms with van der Waals surface area (Å²) in [6.45, 7) is 4.01. The molecule has 1 heterocycles. The topological polar surface area (TPSA) is 22.1 Å². The minimum Gasteiger partial charge on any atom is -0.489 e. The highest BCUT2D eigenvalue weighted by atomic mass is 19.2. The maximum Gasteiger partial charge on any atom is 0.165 e. The van der Waals surface area contributed by atoms with Gasteiger partial charge in [0, 0.05) is 5.56 Å². The van der Waals surface area contributed by atoms with Gasteiger partial charge >= 0.3 is 0 Å². The van der Waals surface area contributed by atoms with Gasteiger partial charge in [-0.1, -0.05) is 89.5 Å². The van der Waals surface area contributed by atoms with Gasteiger partial charge in [0.15, 0.2) is 6.17 Å². The van der Waals surface area contributed by atoms with Crippen molar-refractivity contribution in [2.45, 2.75) is 96.8 Å². The largest absolute Gasteiger partial charge is 0.489 e. The Hall–Kier alpha value is -1.97. The van der Waals surface area contributed by atoms with E-state index in [0.717, 1.165) is 30.5 Å². The molecule has 0 saturated heterocycles. The van der Waals surface area contributed by atoms with Gasteiger partial charge in [-0.2, -0.15) is 0 Å². The Morgan fingerprint density at radius 3 is 2.13 bits per heavy atom. The van der Waals surface area contributed by atoms with Crippen LogP contribution in [0.3, 0.4) is 0 Å². The van der Waals surface area contributed by atoms with Gasteiger partial charge in [-0.15, -0.1) is 0 Å². The van der Waals surface area contributed by atoms with Gasteiger partial charge in [-0.05, 0) is 37.0 Å². The molecule has 4 heteroatoms. The molecule has 0 aliphatic carbocycles. The van der Waals surface area contributed by atoms with E-state index in [1.807, 2.05) is 13.0 Å². The predicted molar refractivity (Wildman–Crippen MR) is 126 cm³/mol. The van der Waals surface area contributed by atoms with Gasteiger partial charge in [0.05, 0.1) is 11.9 Å².